The molecule has 2 fully saturated rings. The van der Waals surface area contributed by atoms with Crippen LogP contribution in [0, 0.1) is 11.2 Å². The molecule has 104 valence electrons. The normalized spacial score (nSPS) is 24.1. The Labute approximate surface area is 115 Å². The largest absolute Gasteiger partial charge is 0.319 e. The van der Waals surface area contributed by atoms with Gasteiger partial charge in [-0.25, -0.2) is 4.39 Å². The summed E-state index contributed by atoms with van der Waals surface area (Å²) in [5.41, 5.74) is 1.50. The maximum absolute atomic E-state index is 14.2. The fourth-order valence-electron chi connectivity index (χ4n) is 4.68. The third-order valence-electron chi connectivity index (χ3n) is 5.30. The molecule has 0 amide bonds. The van der Waals surface area contributed by atoms with Crippen LogP contribution in [0.4, 0.5) is 4.39 Å². The molecule has 3 rings (SSSR count). The Morgan fingerprint density at radius 1 is 1.11 bits per heavy atom. The summed E-state index contributed by atoms with van der Waals surface area (Å²) in [6.45, 7) is 0.898. The highest BCUT2D eigenvalue weighted by atomic mass is 19.1. The summed E-state index contributed by atoms with van der Waals surface area (Å²) in [5, 5.41) is 3.29. The standard InChI is InChI=1S/C17H24FN/c1-19-13-17(14-7-3-4-8-15(14)18)11-16(12-17)9-5-2-6-10-16/h3-4,7-8,19H,2,5-6,9-13H2,1H3. The molecular formula is C17H24FN. The smallest absolute Gasteiger partial charge is 0.127 e. The van der Waals surface area contributed by atoms with Gasteiger partial charge in [0.1, 0.15) is 5.82 Å². The van der Waals surface area contributed by atoms with Gasteiger partial charge in [-0.3, -0.25) is 0 Å². The molecular weight excluding hydrogens is 237 g/mol. The molecule has 2 aliphatic carbocycles. The van der Waals surface area contributed by atoms with E-state index in [0.29, 0.717) is 5.41 Å². The van der Waals surface area contributed by atoms with Crippen LogP contribution in [-0.4, -0.2) is 13.6 Å². The minimum absolute atomic E-state index is 0.0246. The van der Waals surface area contributed by atoms with Crippen molar-refractivity contribution in [3.8, 4) is 0 Å². The van der Waals surface area contributed by atoms with Crippen molar-refractivity contribution >= 4 is 0 Å². The average Bonchev–Trinajstić information content (AvgIpc) is 2.38. The van der Waals surface area contributed by atoms with Crippen molar-refractivity contribution in [2.45, 2.75) is 50.4 Å². The highest BCUT2D eigenvalue weighted by Crippen LogP contribution is 2.61. The molecule has 1 aromatic rings. The van der Waals surface area contributed by atoms with Gasteiger partial charge < -0.3 is 5.32 Å². The third kappa shape index (κ3) is 2.20. The predicted octanol–water partition coefficient (Wildman–Crippen LogP) is 4.03. The van der Waals surface area contributed by atoms with Crippen LogP contribution in [0.25, 0.3) is 0 Å². The first-order valence-electron chi connectivity index (χ1n) is 7.59. The second-order valence-electron chi connectivity index (χ2n) is 6.70. The monoisotopic (exact) mass is 261 g/mol. The molecule has 2 aliphatic rings. The number of hydrogen-bond acceptors (Lipinski definition) is 1. The Kier molecular flexibility index (Phi) is 3.38. The van der Waals surface area contributed by atoms with Crippen LogP contribution in [0.1, 0.15) is 50.5 Å². The molecule has 0 atom stereocenters. The lowest BCUT2D eigenvalue weighted by molar-refractivity contribution is -0.0136. The maximum Gasteiger partial charge on any atom is 0.127 e. The van der Waals surface area contributed by atoms with Gasteiger partial charge in [0.15, 0.2) is 0 Å². The molecule has 1 aromatic carbocycles. The first-order valence-corrected chi connectivity index (χ1v) is 7.59. The fourth-order valence-corrected chi connectivity index (χ4v) is 4.68. The van der Waals surface area contributed by atoms with E-state index in [1.165, 1.54) is 44.9 Å². The molecule has 0 saturated heterocycles. The average molecular weight is 261 g/mol. The van der Waals surface area contributed by atoms with E-state index in [9.17, 15) is 4.39 Å². The SMILES string of the molecule is CNCC1(c2ccccc2F)CC2(CCCCC2)C1. The number of nitrogens with one attached hydrogen (secondary N) is 1. The lowest BCUT2D eigenvalue weighted by Crippen LogP contribution is -2.55. The van der Waals surface area contributed by atoms with Gasteiger partial charge in [0.2, 0.25) is 0 Å². The Balaban J connectivity index is 1.85. The summed E-state index contributed by atoms with van der Waals surface area (Å²) < 4.78 is 14.2. The summed E-state index contributed by atoms with van der Waals surface area (Å²) in [6.07, 6.45) is 9.17. The summed E-state index contributed by atoms with van der Waals surface area (Å²) in [7, 11) is 1.98. The van der Waals surface area contributed by atoms with E-state index in [4.69, 9.17) is 0 Å². The first kappa shape index (κ1) is 13.1. The molecule has 0 aromatic heterocycles. The van der Waals surface area contributed by atoms with Crippen molar-refractivity contribution in [2.75, 3.05) is 13.6 Å². The van der Waals surface area contributed by atoms with Crippen LogP contribution in [0.5, 0.6) is 0 Å². The van der Waals surface area contributed by atoms with Gasteiger partial charge >= 0.3 is 0 Å². The number of hydrogen-bond donors (Lipinski definition) is 1. The molecule has 0 aliphatic heterocycles. The highest BCUT2D eigenvalue weighted by Gasteiger charge is 2.55. The maximum atomic E-state index is 14.2. The Morgan fingerprint density at radius 3 is 2.42 bits per heavy atom. The van der Waals surface area contributed by atoms with E-state index >= 15 is 0 Å². The van der Waals surface area contributed by atoms with Gasteiger partial charge in [0, 0.05) is 12.0 Å². The van der Waals surface area contributed by atoms with E-state index in [-0.39, 0.29) is 11.2 Å². The van der Waals surface area contributed by atoms with Crippen LogP contribution in [0.2, 0.25) is 0 Å². The van der Waals surface area contributed by atoms with Gasteiger partial charge in [-0.05, 0) is 49.8 Å². The fraction of sp³-hybridized carbons (Fsp3) is 0.647. The number of likely N-dealkylation sites (N-methyl/N-ethyl adjacent to an activating group) is 1. The van der Waals surface area contributed by atoms with Crippen molar-refractivity contribution in [3.05, 3.63) is 35.6 Å². The second kappa shape index (κ2) is 4.90. The minimum Gasteiger partial charge on any atom is -0.319 e. The van der Waals surface area contributed by atoms with Crippen LogP contribution >= 0.6 is 0 Å². The van der Waals surface area contributed by atoms with Gasteiger partial charge in [-0.15, -0.1) is 0 Å². The zero-order valence-electron chi connectivity index (χ0n) is 11.8. The second-order valence-corrected chi connectivity index (χ2v) is 6.70. The Hall–Kier alpha value is -0.890. The molecule has 2 heteroatoms. The zero-order valence-corrected chi connectivity index (χ0v) is 11.8. The highest BCUT2D eigenvalue weighted by molar-refractivity contribution is 5.33. The van der Waals surface area contributed by atoms with Crippen molar-refractivity contribution in [1.82, 2.24) is 5.32 Å². The van der Waals surface area contributed by atoms with E-state index in [2.05, 4.69) is 5.32 Å². The number of rotatable bonds is 3. The van der Waals surface area contributed by atoms with Gasteiger partial charge in [0.05, 0.1) is 0 Å². The summed E-state index contributed by atoms with van der Waals surface area (Å²) in [5.74, 6) is -0.0246. The number of halogens is 1. The van der Waals surface area contributed by atoms with Gasteiger partial charge in [-0.2, -0.15) is 0 Å². The molecule has 0 radical (unpaired) electrons. The molecule has 1 spiro atoms. The van der Waals surface area contributed by atoms with E-state index in [0.717, 1.165) is 12.1 Å². The van der Waals surface area contributed by atoms with Crippen molar-refractivity contribution in [1.29, 1.82) is 0 Å². The lowest BCUT2D eigenvalue weighted by Gasteiger charge is -2.58. The van der Waals surface area contributed by atoms with Crippen LogP contribution in [0.15, 0.2) is 24.3 Å². The Morgan fingerprint density at radius 2 is 1.79 bits per heavy atom. The van der Waals surface area contributed by atoms with Crippen molar-refractivity contribution in [3.63, 3.8) is 0 Å². The summed E-state index contributed by atoms with van der Waals surface area (Å²) in [4.78, 5) is 0. The van der Waals surface area contributed by atoms with Crippen LogP contribution < -0.4 is 5.32 Å². The molecule has 1 N–H and O–H groups in total. The van der Waals surface area contributed by atoms with Gasteiger partial charge in [0.25, 0.3) is 0 Å². The number of benzene rings is 1. The Bertz CT molecular complexity index is 440. The van der Waals surface area contributed by atoms with Gasteiger partial charge in [-0.1, -0.05) is 37.5 Å². The molecule has 0 heterocycles. The van der Waals surface area contributed by atoms with Crippen LogP contribution in [0.3, 0.4) is 0 Å². The molecule has 1 nitrogen and oxygen atoms in total. The van der Waals surface area contributed by atoms with Crippen molar-refractivity contribution in [2.24, 2.45) is 5.41 Å². The quantitative estimate of drug-likeness (QED) is 0.866. The summed E-state index contributed by atoms with van der Waals surface area (Å²) >= 11 is 0. The minimum atomic E-state index is -0.0246. The first-order chi connectivity index (χ1) is 9.20. The summed E-state index contributed by atoms with van der Waals surface area (Å²) in [6, 6.07) is 7.36. The molecule has 0 bridgehead atoms. The van der Waals surface area contributed by atoms with E-state index in [1.54, 1.807) is 12.1 Å². The van der Waals surface area contributed by atoms with Crippen molar-refractivity contribution < 1.29 is 4.39 Å². The van der Waals surface area contributed by atoms with Crippen LogP contribution in [-0.2, 0) is 5.41 Å². The molecule has 0 unspecified atom stereocenters. The molecule has 2 saturated carbocycles. The van der Waals surface area contributed by atoms with E-state index < -0.39 is 0 Å². The molecule has 19 heavy (non-hydrogen) atoms. The zero-order chi connectivity index (χ0) is 13.3. The van der Waals surface area contributed by atoms with E-state index in [1.807, 2.05) is 19.2 Å². The lowest BCUT2D eigenvalue weighted by atomic mass is 9.46. The topological polar surface area (TPSA) is 12.0 Å². The third-order valence-corrected chi connectivity index (χ3v) is 5.30. The predicted molar refractivity (Wildman–Crippen MR) is 76.8 cm³/mol.